The number of nitrogens with zero attached hydrogens (tertiary/aromatic N) is 1. The molecule has 5 nitrogen and oxygen atoms in total. The predicted octanol–water partition coefficient (Wildman–Crippen LogP) is 3.57. The summed E-state index contributed by atoms with van der Waals surface area (Å²) in [5.74, 6) is -0.157. The van der Waals surface area contributed by atoms with Gasteiger partial charge in [-0.1, -0.05) is 19.1 Å². The van der Waals surface area contributed by atoms with Gasteiger partial charge in [0, 0.05) is 18.7 Å². The summed E-state index contributed by atoms with van der Waals surface area (Å²) < 4.78 is 27.8. The van der Waals surface area contributed by atoms with Crippen LogP contribution in [0.5, 0.6) is 0 Å². The largest absolute Gasteiger partial charge is 0.326 e. The Labute approximate surface area is 148 Å². The number of anilines is 2. The Bertz CT molecular complexity index is 855. The van der Waals surface area contributed by atoms with E-state index in [1.165, 1.54) is 11.2 Å². The van der Waals surface area contributed by atoms with Crippen molar-refractivity contribution in [1.29, 1.82) is 0 Å². The molecule has 6 heteroatoms. The smallest absolute Gasteiger partial charge is 0.264 e. The van der Waals surface area contributed by atoms with Crippen molar-refractivity contribution < 1.29 is 13.2 Å². The molecule has 25 heavy (non-hydrogen) atoms. The van der Waals surface area contributed by atoms with Gasteiger partial charge in [0.1, 0.15) is 0 Å². The molecule has 2 aromatic rings. The van der Waals surface area contributed by atoms with Crippen molar-refractivity contribution in [3.8, 4) is 0 Å². The molecule has 1 saturated carbocycles. The van der Waals surface area contributed by atoms with Crippen molar-refractivity contribution in [2.75, 3.05) is 9.62 Å². The van der Waals surface area contributed by atoms with E-state index in [-0.39, 0.29) is 11.9 Å². The summed E-state index contributed by atoms with van der Waals surface area (Å²) >= 11 is 0. The van der Waals surface area contributed by atoms with Gasteiger partial charge in [0.2, 0.25) is 5.91 Å². The Hall–Kier alpha value is -2.34. The van der Waals surface area contributed by atoms with E-state index in [0.29, 0.717) is 16.3 Å². The van der Waals surface area contributed by atoms with Crippen LogP contribution in [0.2, 0.25) is 0 Å². The van der Waals surface area contributed by atoms with Crippen molar-refractivity contribution in [3.05, 3.63) is 54.1 Å². The van der Waals surface area contributed by atoms with E-state index in [4.69, 9.17) is 0 Å². The minimum Gasteiger partial charge on any atom is -0.326 e. The molecule has 0 aromatic heterocycles. The summed E-state index contributed by atoms with van der Waals surface area (Å²) in [6.45, 7) is 3.48. The molecule has 0 bridgehead atoms. The van der Waals surface area contributed by atoms with E-state index >= 15 is 0 Å². The molecular weight excluding hydrogens is 336 g/mol. The maximum absolute atomic E-state index is 13.1. The average Bonchev–Trinajstić information content (AvgIpc) is 3.41. The zero-order chi connectivity index (χ0) is 18.0. The van der Waals surface area contributed by atoms with E-state index in [9.17, 15) is 13.2 Å². The van der Waals surface area contributed by atoms with Crippen LogP contribution in [0.15, 0.2) is 53.4 Å². The summed E-state index contributed by atoms with van der Waals surface area (Å²) in [6, 6.07) is 14.0. The molecule has 1 aliphatic carbocycles. The average molecular weight is 358 g/mol. The molecule has 0 unspecified atom stereocenters. The molecular formula is C19H22N2O3S. The van der Waals surface area contributed by atoms with Crippen molar-refractivity contribution in [1.82, 2.24) is 0 Å². The fraction of sp³-hybridized carbons (Fsp3) is 0.316. The van der Waals surface area contributed by atoms with Gasteiger partial charge in [0.15, 0.2) is 0 Å². The molecule has 1 amide bonds. The molecule has 0 saturated heterocycles. The van der Waals surface area contributed by atoms with E-state index in [1.54, 1.807) is 36.4 Å². The second-order valence-electron chi connectivity index (χ2n) is 6.26. The maximum atomic E-state index is 13.1. The lowest BCUT2D eigenvalue weighted by atomic mass is 10.2. The first-order chi connectivity index (χ1) is 11.9. The highest BCUT2D eigenvalue weighted by molar-refractivity contribution is 7.92. The zero-order valence-corrected chi connectivity index (χ0v) is 15.2. The molecule has 0 radical (unpaired) electrons. The summed E-state index contributed by atoms with van der Waals surface area (Å²) in [7, 11) is -3.61. The fourth-order valence-electron chi connectivity index (χ4n) is 2.76. The lowest BCUT2D eigenvalue weighted by Crippen LogP contribution is -2.33. The third-order valence-corrected chi connectivity index (χ3v) is 6.10. The van der Waals surface area contributed by atoms with Crippen LogP contribution in [-0.2, 0) is 21.2 Å². The number of aryl methyl sites for hydroxylation is 1. The summed E-state index contributed by atoms with van der Waals surface area (Å²) in [4.78, 5) is 11.4. The standard InChI is InChI=1S/C19H22N2O3S/c1-3-15-4-12-19(13-5-15)25(23,24)21(18-10-11-18)17-8-6-16(7-9-17)20-14(2)22/h4-9,12-13,18H,3,10-11H2,1-2H3,(H,20,22). The number of nitrogens with one attached hydrogen (secondary N) is 1. The van der Waals surface area contributed by atoms with Crippen LogP contribution in [0.4, 0.5) is 11.4 Å². The predicted molar refractivity (Wildman–Crippen MR) is 99.3 cm³/mol. The Kier molecular flexibility index (Phi) is 4.81. The van der Waals surface area contributed by atoms with E-state index in [0.717, 1.165) is 24.8 Å². The monoisotopic (exact) mass is 358 g/mol. The molecule has 0 aliphatic heterocycles. The van der Waals surface area contributed by atoms with Crippen LogP contribution in [0, 0.1) is 0 Å². The molecule has 1 N–H and O–H groups in total. The number of sulfonamides is 1. The third kappa shape index (κ3) is 3.85. The van der Waals surface area contributed by atoms with Gasteiger partial charge in [0.25, 0.3) is 10.0 Å². The van der Waals surface area contributed by atoms with Gasteiger partial charge < -0.3 is 5.32 Å². The Morgan fingerprint density at radius 3 is 2.16 bits per heavy atom. The van der Waals surface area contributed by atoms with Gasteiger partial charge in [-0.15, -0.1) is 0 Å². The number of rotatable bonds is 6. The van der Waals surface area contributed by atoms with Crippen LogP contribution >= 0.6 is 0 Å². The van der Waals surface area contributed by atoms with Crippen LogP contribution in [0.1, 0.15) is 32.3 Å². The van der Waals surface area contributed by atoms with Gasteiger partial charge in [-0.2, -0.15) is 0 Å². The number of amides is 1. The Morgan fingerprint density at radius 1 is 1.08 bits per heavy atom. The molecule has 2 aromatic carbocycles. The van der Waals surface area contributed by atoms with Crippen molar-refractivity contribution in [3.63, 3.8) is 0 Å². The maximum Gasteiger partial charge on any atom is 0.264 e. The first-order valence-electron chi connectivity index (χ1n) is 8.43. The molecule has 1 fully saturated rings. The highest BCUT2D eigenvalue weighted by Crippen LogP contribution is 2.37. The summed E-state index contributed by atoms with van der Waals surface area (Å²) in [5, 5.41) is 2.69. The quantitative estimate of drug-likeness (QED) is 0.858. The summed E-state index contributed by atoms with van der Waals surface area (Å²) in [6.07, 6.45) is 2.59. The number of hydrogen-bond acceptors (Lipinski definition) is 3. The Morgan fingerprint density at radius 2 is 1.68 bits per heavy atom. The molecule has 132 valence electrons. The van der Waals surface area contributed by atoms with E-state index in [2.05, 4.69) is 5.32 Å². The minimum atomic E-state index is -3.61. The van der Waals surface area contributed by atoms with Crippen LogP contribution in [0.25, 0.3) is 0 Å². The fourth-order valence-corrected chi connectivity index (χ4v) is 4.47. The number of hydrogen-bond donors (Lipinski definition) is 1. The lowest BCUT2D eigenvalue weighted by molar-refractivity contribution is -0.114. The molecule has 0 spiro atoms. The third-order valence-electron chi connectivity index (χ3n) is 4.21. The number of carbonyl (C=O) groups excluding carboxylic acids is 1. The molecule has 3 rings (SSSR count). The first kappa shape index (κ1) is 17.5. The van der Waals surface area contributed by atoms with Crippen molar-refractivity contribution >= 4 is 27.3 Å². The van der Waals surface area contributed by atoms with Crippen LogP contribution < -0.4 is 9.62 Å². The SMILES string of the molecule is CCc1ccc(S(=O)(=O)N(c2ccc(NC(C)=O)cc2)C2CC2)cc1. The van der Waals surface area contributed by atoms with Crippen LogP contribution in [-0.4, -0.2) is 20.4 Å². The van der Waals surface area contributed by atoms with Gasteiger partial charge >= 0.3 is 0 Å². The van der Waals surface area contributed by atoms with Gasteiger partial charge in [0.05, 0.1) is 10.6 Å². The van der Waals surface area contributed by atoms with Crippen molar-refractivity contribution in [2.24, 2.45) is 0 Å². The highest BCUT2D eigenvalue weighted by atomic mass is 32.2. The molecule has 0 heterocycles. The summed E-state index contributed by atoms with van der Waals surface area (Å²) in [5.41, 5.74) is 2.38. The van der Waals surface area contributed by atoms with Gasteiger partial charge in [-0.05, 0) is 61.2 Å². The van der Waals surface area contributed by atoms with Crippen molar-refractivity contribution in [2.45, 2.75) is 44.0 Å². The van der Waals surface area contributed by atoms with E-state index < -0.39 is 10.0 Å². The normalized spacial score (nSPS) is 14.2. The highest BCUT2D eigenvalue weighted by Gasteiger charge is 2.38. The number of carbonyl (C=O) groups is 1. The minimum absolute atomic E-state index is 0.00229. The van der Waals surface area contributed by atoms with E-state index in [1.807, 2.05) is 19.1 Å². The Balaban J connectivity index is 1.93. The van der Waals surface area contributed by atoms with Crippen LogP contribution in [0.3, 0.4) is 0 Å². The zero-order valence-electron chi connectivity index (χ0n) is 14.4. The molecule has 0 atom stereocenters. The second-order valence-corrected chi connectivity index (χ2v) is 8.07. The molecule has 1 aliphatic rings. The second kappa shape index (κ2) is 6.88. The van der Waals surface area contributed by atoms with Gasteiger partial charge in [-0.3, -0.25) is 9.10 Å². The lowest BCUT2D eigenvalue weighted by Gasteiger charge is -2.24. The first-order valence-corrected chi connectivity index (χ1v) is 9.87. The van der Waals surface area contributed by atoms with Gasteiger partial charge in [-0.25, -0.2) is 8.42 Å². The topological polar surface area (TPSA) is 66.5 Å². The number of benzene rings is 2.